The molecule has 0 aromatic rings. The molecule has 0 aromatic carbocycles. The van der Waals surface area contributed by atoms with E-state index in [9.17, 15) is 9.36 Å². The average molecular weight is 394 g/mol. The monoisotopic (exact) mass is 394 g/mol. The summed E-state index contributed by atoms with van der Waals surface area (Å²) in [5.74, 6) is -0.258. The molecule has 0 fully saturated rings. The lowest BCUT2D eigenvalue weighted by Gasteiger charge is -2.06. The predicted molar refractivity (Wildman–Crippen MR) is 98.6 cm³/mol. The molecule has 0 aromatic heterocycles. The number of rotatable bonds is 16. The van der Waals surface area contributed by atoms with Gasteiger partial charge in [0.05, 0.1) is 6.61 Å². The molecule has 0 radical (unpaired) electrons. The zero-order chi connectivity index (χ0) is 20.1. The Balaban J connectivity index is 0. The second kappa shape index (κ2) is 20.3. The van der Waals surface area contributed by atoms with E-state index in [1.54, 1.807) is 0 Å². The van der Waals surface area contributed by atoms with Gasteiger partial charge >= 0.3 is 19.7 Å². The molecule has 8 heteroatoms. The number of hydrogen-bond acceptors (Lipinski definition) is 5. The molecule has 0 bridgehead atoms. The van der Waals surface area contributed by atoms with Crippen molar-refractivity contribution in [1.29, 1.82) is 0 Å². The van der Waals surface area contributed by atoms with Gasteiger partial charge in [0.25, 0.3) is 0 Å². The lowest BCUT2D eigenvalue weighted by molar-refractivity contribution is -0.191. The maximum Gasteiger partial charge on any atom is 0.373 e. The van der Waals surface area contributed by atoms with Gasteiger partial charge in [-0.3, -0.25) is 9.36 Å². The zero-order valence-electron chi connectivity index (χ0n) is 16.0. The van der Waals surface area contributed by atoms with Crippen LogP contribution < -0.4 is 0 Å². The Morgan fingerprint density at radius 3 is 1.77 bits per heavy atom. The molecule has 0 atom stereocenters. The number of carbonyl (C=O) groups excluding carboxylic acids is 3. The van der Waals surface area contributed by atoms with E-state index in [0.717, 1.165) is 12.8 Å². The Labute approximate surface area is 157 Å². The van der Waals surface area contributed by atoms with E-state index in [2.05, 4.69) is 6.92 Å². The Bertz CT molecular complexity index is 400. The highest BCUT2D eigenvalue weighted by Crippen LogP contribution is 2.35. The van der Waals surface area contributed by atoms with Crippen LogP contribution in [-0.2, 0) is 23.7 Å². The van der Waals surface area contributed by atoms with E-state index in [-0.39, 0.29) is 24.7 Å². The van der Waals surface area contributed by atoms with Crippen molar-refractivity contribution in [3.05, 3.63) is 0 Å². The average Bonchev–Trinajstić information content (AvgIpc) is 2.56. The molecular weight excluding hydrogens is 359 g/mol. The van der Waals surface area contributed by atoms with Gasteiger partial charge < -0.3 is 14.5 Å². The second-order valence-electron chi connectivity index (χ2n) is 6.33. The Hall–Kier alpha value is -1.00. The molecular formula is C18H35O7P. The molecule has 26 heavy (non-hydrogen) atoms. The normalized spacial score (nSPS) is 10.6. The second-order valence-corrected chi connectivity index (χ2v) is 8.11. The van der Waals surface area contributed by atoms with Crippen molar-refractivity contribution in [2.75, 3.05) is 12.8 Å². The fourth-order valence-electron chi connectivity index (χ4n) is 2.43. The molecule has 0 spiro atoms. The molecule has 0 heterocycles. The minimum absolute atomic E-state index is 0.154. The highest BCUT2D eigenvalue weighted by atomic mass is 31.2. The van der Waals surface area contributed by atoms with Gasteiger partial charge in [-0.15, -0.1) is 0 Å². The first-order valence-electron chi connectivity index (χ1n) is 9.56. The molecule has 2 N–H and O–H groups in total. The van der Waals surface area contributed by atoms with E-state index in [4.69, 9.17) is 24.1 Å². The molecule has 0 saturated carbocycles. The highest BCUT2D eigenvalue weighted by molar-refractivity contribution is 7.51. The van der Waals surface area contributed by atoms with Crippen LogP contribution in [-0.4, -0.2) is 34.7 Å². The third-order valence-corrected chi connectivity index (χ3v) is 4.74. The predicted octanol–water partition coefficient (Wildman–Crippen LogP) is 4.22. The Kier molecular flexibility index (Phi) is 21.3. The van der Waals surface area contributed by atoms with Gasteiger partial charge in [0.15, 0.2) is 0 Å². The molecule has 0 aliphatic heterocycles. The van der Waals surface area contributed by atoms with Crippen molar-refractivity contribution in [2.24, 2.45) is 0 Å². The lowest BCUT2D eigenvalue weighted by Crippen LogP contribution is -2.06. The zero-order valence-corrected chi connectivity index (χ0v) is 16.9. The van der Waals surface area contributed by atoms with Crippen LogP contribution in [0, 0.1) is 0 Å². The van der Waals surface area contributed by atoms with Crippen LogP contribution in [0.2, 0.25) is 0 Å². The van der Waals surface area contributed by atoms with Gasteiger partial charge in [0, 0.05) is 12.6 Å². The smallest absolute Gasteiger partial charge is 0.373 e. The first-order valence-corrected chi connectivity index (χ1v) is 11.4. The summed E-state index contributed by atoms with van der Waals surface area (Å²) in [7, 11) is -3.93. The number of esters is 1. The molecule has 0 aliphatic rings. The van der Waals surface area contributed by atoms with E-state index in [1.165, 1.54) is 51.4 Å². The lowest BCUT2D eigenvalue weighted by atomic mass is 10.1. The number of unbranched alkanes of at least 4 members (excludes halogenated alkanes) is 10. The van der Waals surface area contributed by atoms with Crippen LogP contribution in [0.5, 0.6) is 0 Å². The van der Waals surface area contributed by atoms with E-state index in [0.29, 0.717) is 19.4 Å². The summed E-state index contributed by atoms with van der Waals surface area (Å²) in [6.45, 7) is 2.70. The summed E-state index contributed by atoms with van der Waals surface area (Å²) in [4.78, 5) is 45.0. The summed E-state index contributed by atoms with van der Waals surface area (Å²) in [6, 6.07) is 0. The number of carbonyl (C=O) groups is 1. The number of hydrogen-bond donors (Lipinski definition) is 2. The summed E-state index contributed by atoms with van der Waals surface area (Å²) in [5.41, 5.74) is 0. The third kappa shape index (κ3) is 27.8. The molecule has 0 rings (SSSR count). The van der Waals surface area contributed by atoms with Crippen molar-refractivity contribution in [1.82, 2.24) is 0 Å². The van der Waals surface area contributed by atoms with Gasteiger partial charge in [-0.25, -0.2) is 0 Å². The van der Waals surface area contributed by atoms with Crippen LogP contribution in [0.15, 0.2) is 0 Å². The molecule has 0 amide bonds. The SMILES string of the molecule is CCCCCCCCCCCCOC(=O)CCCCP(=O)(O)O.O=C=O. The van der Waals surface area contributed by atoms with Crippen molar-refractivity contribution >= 4 is 19.7 Å². The number of ether oxygens (including phenoxy) is 1. The largest absolute Gasteiger partial charge is 0.466 e. The van der Waals surface area contributed by atoms with Crippen LogP contribution >= 0.6 is 7.60 Å². The van der Waals surface area contributed by atoms with E-state index >= 15 is 0 Å². The Morgan fingerprint density at radius 1 is 0.846 bits per heavy atom. The first kappa shape index (κ1) is 27.2. The minimum atomic E-state index is -3.93. The fraction of sp³-hybridized carbons (Fsp3) is 0.889. The summed E-state index contributed by atoms with van der Waals surface area (Å²) < 4.78 is 15.8. The molecule has 0 aliphatic carbocycles. The van der Waals surface area contributed by atoms with Gasteiger partial charge in [-0.1, -0.05) is 64.7 Å². The van der Waals surface area contributed by atoms with Gasteiger partial charge in [0.1, 0.15) is 0 Å². The van der Waals surface area contributed by atoms with Gasteiger partial charge in [-0.05, 0) is 19.3 Å². The van der Waals surface area contributed by atoms with Crippen LogP contribution in [0.25, 0.3) is 0 Å². The van der Waals surface area contributed by atoms with Crippen molar-refractivity contribution in [3.8, 4) is 0 Å². The topological polar surface area (TPSA) is 118 Å². The standard InChI is InChI=1S/C17H35O5P.CO2/c1-2-3-4-5-6-7-8-9-10-12-15-22-17(18)14-11-13-16-23(19,20)21;2-1-3/h2-16H2,1H3,(H2,19,20,21);. The summed E-state index contributed by atoms with van der Waals surface area (Å²) in [5, 5.41) is 0. The van der Waals surface area contributed by atoms with Crippen molar-refractivity contribution in [3.63, 3.8) is 0 Å². The first-order chi connectivity index (χ1) is 12.4. The van der Waals surface area contributed by atoms with Gasteiger partial charge in [-0.2, -0.15) is 9.59 Å². The van der Waals surface area contributed by atoms with E-state index in [1.807, 2.05) is 0 Å². The molecule has 7 nitrogen and oxygen atoms in total. The summed E-state index contributed by atoms with van der Waals surface area (Å²) in [6.07, 6.45) is 13.7. The van der Waals surface area contributed by atoms with Crippen molar-refractivity contribution in [2.45, 2.75) is 90.4 Å². The fourth-order valence-corrected chi connectivity index (χ4v) is 3.07. The highest BCUT2D eigenvalue weighted by Gasteiger charge is 2.12. The molecule has 0 unspecified atom stereocenters. The van der Waals surface area contributed by atoms with E-state index < -0.39 is 7.60 Å². The van der Waals surface area contributed by atoms with Crippen LogP contribution in [0.4, 0.5) is 0 Å². The third-order valence-electron chi connectivity index (χ3n) is 3.84. The quantitative estimate of drug-likeness (QED) is 0.229. The maximum absolute atomic E-state index is 11.4. The van der Waals surface area contributed by atoms with Crippen LogP contribution in [0.3, 0.4) is 0 Å². The van der Waals surface area contributed by atoms with Crippen LogP contribution in [0.1, 0.15) is 90.4 Å². The minimum Gasteiger partial charge on any atom is -0.466 e. The maximum atomic E-state index is 11.4. The van der Waals surface area contributed by atoms with Gasteiger partial charge in [0.2, 0.25) is 0 Å². The molecule has 154 valence electrons. The molecule has 0 saturated heterocycles. The Morgan fingerprint density at radius 2 is 1.31 bits per heavy atom. The van der Waals surface area contributed by atoms with Crippen molar-refractivity contribution < 1.29 is 33.5 Å². The summed E-state index contributed by atoms with van der Waals surface area (Å²) >= 11 is 0.